The number of aromatic nitrogens is 1. The molecular formula is C21H23FN2O. The zero-order valence-electron chi connectivity index (χ0n) is 14.9. The van der Waals surface area contributed by atoms with Gasteiger partial charge in [-0.2, -0.15) is 0 Å². The number of benzene rings is 2. The van der Waals surface area contributed by atoms with E-state index in [-0.39, 0.29) is 5.82 Å². The highest BCUT2D eigenvalue weighted by atomic mass is 19.1. The molecule has 3 nitrogen and oxygen atoms in total. The molecule has 0 atom stereocenters. The third kappa shape index (κ3) is 3.97. The third-order valence-corrected chi connectivity index (χ3v) is 4.24. The van der Waals surface area contributed by atoms with Gasteiger partial charge in [0.25, 0.3) is 0 Å². The van der Waals surface area contributed by atoms with E-state index < -0.39 is 0 Å². The van der Waals surface area contributed by atoms with Gasteiger partial charge < -0.3 is 9.64 Å². The number of halogens is 1. The molecule has 0 aliphatic carbocycles. The summed E-state index contributed by atoms with van der Waals surface area (Å²) in [5, 5.41) is 2.00. The van der Waals surface area contributed by atoms with Crippen LogP contribution in [-0.4, -0.2) is 37.1 Å². The summed E-state index contributed by atoms with van der Waals surface area (Å²) < 4.78 is 19.6. The van der Waals surface area contributed by atoms with Crippen LogP contribution in [0.3, 0.4) is 0 Å². The average molecular weight is 338 g/mol. The van der Waals surface area contributed by atoms with E-state index in [1.165, 1.54) is 17.7 Å². The van der Waals surface area contributed by atoms with Crippen LogP contribution >= 0.6 is 0 Å². The Morgan fingerprint density at radius 2 is 1.92 bits per heavy atom. The Morgan fingerprint density at radius 3 is 2.64 bits per heavy atom. The van der Waals surface area contributed by atoms with Crippen LogP contribution in [0.5, 0.6) is 5.88 Å². The second-order valence-corrected chi connectivity index (χ2v) is 6.37. The topological polar surface area (TPSA) is 25.4 Å². The Kier molecular flexibility index (Phi) is 5.29. The number of likely N-dealkylation sites (N-methyl/N-ethyl adjacent to an activating group) is 1. The first-order chi connectivity index (χ1) is 12.1. The van der Waals surface area contributed by atoms with Gasteiger partial charge in [0.15, 0.2) is 0 Å². The van der Waals surface area contributed by atoms with Crippen LogP contribution in [0.2, 0.25) is 0 Å². The number of pyridine rings is 1. The molecule has 0 aliphatic heterocycles. The van der Waals surface area contributed by atoms with E-state index >= 15 is 0 Å². The fraction of sp³-hybridized carbons (Fsp3) is 0.286. The molecule has 0 N–H and O–H groups in total. The lowest BCUT2D eigenvalue weighted by atomic mass is 9.98. The fourth-order valence-electron chi connectivity index (χ4n) is 2.81. The maximum Gasteiger partial charge on any atom is 0.221 e. The molecule has 1 aromatic heterocycles. The molecule has 0 unspecified atom stereocenters. The van der Waals surface area contributed by atoms with Gasteiger partial charge in [-0.15, -0.1) is 0 Å². The molecular weight excluding hydrogens is 315 g/mol. The minimum Gasteiger partial charge on any atom is -0.476 e. The Labute approximate surface area is 148 Å². The van der Waals surface area contributed by atoms with Gasteiger partial charge in [-0.05, 0) is 55.2 Å². The lowest BCUT2D eigenvalue weighted by molar-refractivity contribution is 0.256. The van der Waals surface area contributed by atoms with Gasteiger partial charge >= 0.3 is 0 Å². The number of fused-ring (bicyclic) bond motifs is 1. The molecule has 3 rings (SSSR count). The predicted molar refractivity (Wildman–Crippen MR) is 101 cm³/mol. The van der Waals surface area contributed by atoms with E-state index in [4.69, 9.17) is 4.74 Å². The molecule has 0 spiro atoms. The van der Waals surface area contributed by atoms with Crippen LogP contribution in [0.15, 0.2) is 48.7 Å². The minimum absolute atomic E-state index is 0.248. The highest BCUT2D eigenvalue weighted by Gasteiger charge is 2.12. The smallest absolute Gasteiger partial charge is 0.221 e. The standard InChI is InChI=1S/C21H23FN2O/c1-4-15-8-9-18-19(12-15)21(25-11-10-24(2)3)23-14-20(18)16-6-5-7-17(22)13-16/h5-9,12-14H,4,10-11H2,1-3H3. The van der Waals surface area contributed by atoms with Gasteiger partial charge in [0.05, 0.1) is 0 Å². The van der Waals surface area contributed by atoms with Crippen molar-refractivity contribution in [3.63, 3.8) is 0 Å². The Balaban J connectivity index is 2.08. The zero-order valence-corrected chi connectivity index (χ0v) is 14.9. The summed E-state index contributed by atoms with van der Waals surface area (Å²) in [5.74, 6) is 0.384. The maximum absolute atomic E-state index is 13.6. The summed E-state index contributed by atoms with van der Waals surface area (Å²) in [6.45, 7) is 3.52. The van der Waals surface area contributed by atoms with E-state index in [9.17, 15) is 4.39 Å². The molecule has 1 heterocycles. The Morgan fingerprint density at radius 1 is 1.08 bits per heavy atom. The normalized spacial score (nSPS) is 11.2. The summed E-state index contributed by atoms with van der Waals surface area (Å²) in [6.07, 6.45) is 2.71. The van der Waals surface area contributed by atoms with Crippen molar-refractivity contribution in [2.45, 2.75) is 13.3 Å². The van der Waals surface area contributed by atoms with Crippen LogP contribution in [0.1, 0.15) is 12.5 Å². The molecule has 0 radical (unpaired) electrons. The molecule has 0 bridgehead atoms. The largest absolute Gasteiger partial charge is 0.476 e. The van der Waals surface area contributed by atoms with Crippen molar-refractivity contribution < 1.29 is 9.13 Å². The van der Waals surface area contributed by atoms with Crippen LogP contribution in [0.4, 0.5) is 4.39 Å². The van der Waals surface area contributed by atoms with Gasteiger partial charge in [-0.1, -0.05) is 31.2 Å². The van der Waals surface area contributed by atoms with Crippen LogP contribution < -0.4 is 4.74 Å². The predicted octanol–water partition coefficient (Wildman–Crippen LogP) is 4.54. The summed E-state index contributed by atoms with van der Waals surface area (Å²) in [6, 6.07) is 12.9. The number of nitrogens with zero attached hydrogens (tertiary/aromatic N) is 2. The van der Waals surface area contributed by atoms with Crippen LogP contribution in [0.25, 0.3) is 21.9 Å². The molecule has 130 valence electrons. The summed E-state index contributed by atoms with van der Waals surface area (Å²) in [5.41, 5.74) is 2.96. The number of hydrogen-bond acceptors (Lipinski definition) is 3. The summed E-state index contributed by atoms with van der Waals surface area (Å²) in [7, 11) is 4.02. The highest BCUT2D eigenvalue weighted by molar-refractivity contribution is 5.99. The highest BCUT2D eigenvalue weighted by Crippen LogP contribution is 2.33. The van der Waals surface area contributed by atoms with Crippen molar-refractivity contribution in [1.82, 2.24) is 9.88 Å². The summed E-state index contributed by atoms with van der Waals surface area (Å²) in [4.78, 5) is 6.59. The molecule has 4 heteroatoms. The Bertz CT molecular complexity index is 877. The molecule has 25 heavy (non-hydrogen) atoms. The second-order valence-electron chi connectivity index (χ2n) is 6.37. The molecule has 0 saturated heterocycles. The van der Waals surface area contributed by atoms with E-state index in [0.717, 1.165) is 34.9 Å². The van der Waals surface area contributed by atoms with E-state index in [2.05, 4.69) is 35.0 Å². The van der Waals surface area contributed by atoms with Crippen LogP contribution in [0, 0.1) is 5.82 Å². The average Bonchev–Trinajstić information content (AvgIpc) is 2.61. The molecule has 3 aromatic rings. The molecule has 0 amide bonds. The number of hydrogen-bond donors (Lipinski definition) is 0. The van der Waals surface area contributed by atoms with Gasteiger partial charge in [0.2, 0.25) is 5.88 Å². The van der Waals surface area contributed by atoms with Gasteiger partial charge in [-0.3, -0.25) is 0 Å². The maximum atomic E-state index is 13.6. The molecule has 0 fully saturated rings. The first-order valence-corrected chi connectivity index (χ1v) is 8.53. The first-order valence-electron chi connectivity index (χ1n) is 8.53. The summed E-state index contributed by atoms with van der Waals surface area (Å²) >= 11 is 0. The number of ether oxygens (including phenoxy) is 1. The van der Waals surface area contributed by atoms with E-state index in [1.807, 2.05) is 20.2 Å². The monoisotopic (exact) mass is 338 g/mol. The first kappa shape index (κ1) is 17.4. The van der Waals surface area contributed by atoms with Crippen molar-refractivity contribution >= 4 is 10.8 Å². The van der Waals surface area contributed by atoms with Crippen molar-refractivity contribution in [2.24, 2.45) is 0 Å². The SMILES string of the molecule is CCc1ccc2c(-c3cccc(F)c3)cnc(OCCN(C)C)c2c1. The van der Waals surface area contributed by atoms with Gasteiger partial charge in [-0.25, -0.2) is 9.37 Å². The molecule has 0 aliphatic rings. The second kappa shape index (κ2) is 7.62. The molecule has 0 saturated carbocycles. The zero-order chi connectivity index (χ0) is 17.8. The van der Waals surface area contributed by atoms with Crippen LogP contribution in [-0.2, 0) is 6.42 Å². The van der Waals surface area contributed by atoms with Crippen molar-refractivity contribution in [3.05, 3.63) is 60.0 Å². The van der Waals surface area contributed by atoms with Crippen molar-refractivity contribution in [1.29, 1.82) is 0 Å². The fourth-order valence-corrected chi connectivity index (χ4v) is 2.81. The minimum atomic E-state index is -0.248. The van der Waals surface area contributed by atoms with E-state index in [1.54, 1.807) is 12.3 Å². The third-order valence-electron chi connectivity index (χ3n) is 4.24. The van der Waals surface area contributed by atoms with Crippen molar-refractivity contribution in [3.8, 4) is 17.0 Å². The lowest BCUT2D eigenvalue weighted by Gasteiger charge is -2.14. The van der Waals surface area contributed by atoms with Gasteiger partial charge in [0, 0.05) is 23.7 Å². The quantitative estimate of drug-likeness (QED) is 0.659. The number of aryl methyl sites for hydroxylation is 1. The lowest BCUT2D eigenvalue weighted by Crippen LogP contribution is -2.19. The molecule has 2 aromatic carbocycles. The van der Waals surface area contributed by atoms with E-state index in [0.29, 0.717) is 12.5 Å². The number of rotatable bonds is 6. The Hall–Kier alpha value is -2.46. The van der Waals surface area contributed by atoms with Crippen molar-refractivity contribution in [2.75, 3.05) is 27.2 Å². The van der Waals surface area contributed by atoms with Gasteiger partial charge in [0.1, 0.15) is 12.4 Å².